The molecule has 1 rings (SSSR count). The average molecular weight is 317 g/mol. The van der Waals surface area contributed by atoms with Crippen LogP contribution in [0.15, 0.2) is 24.3 Å². The van der Waals surface area contributed by atoms with Gasteiger partial charge in [0.05, 0.1) is 0 Å². The zero-order valence-corrected chi connectivity index (χ0v) is 12.4. The highest BCUT2D eigenvalue weighted by atomic mass is 19.4. The molecule has 0 saturated carbocycles. The normalized spacial score (nSPS) is 13.1. The minimum absolute atomic E-state index is 0.102. The standard InChI is InChI=1S/C16H22F3NO2/c17-16(18,19)11-2-1-5-14(20)13-9-7-12(8-10-13)4-3-6-15(21)22/h7-10,14H,1-6,11,20H2,(H,21,22). The maximum Gasteiger partial charge on any atom is 0.389 e. The van der Waals surface area contributed by atoms with Crippen molar-refractivity contribution in [3.05, 3.63) is 35.4 Å². The Balaban J connectivity index is 2.34. The van der Waals surface area contributed by atoms with Crippen LogP contribution in [0.1, 0.15) is 55.7 Å². The van der Waals surface area contributed by atoms with E-state index in [-0.39, 0.29) is 18.9 Å². The van der Waals surface area contributed by atoms with Crippen LogP contribution in [-0.2, 0) is 11.2 Å². The Bertz CT molecular complexity index is 457. The van der Waals surface area contributed by atoms with E-state index >= 15 is 0 Å². The number of unbranched alkanes of at least 4 members (excludes halogenated alkanes) is 1. The minimum Gasteiger partial charge on any atom is -0.481 e. The molecule has 1 aromatic rings. The van der Waals surface area contributed by atoms with Crippen molar-refractivity contribution in [2.45, 2.75) is 57.2 Å². The summed E-state index contributed by atoms with van der Waals surface area (Å²) in [6, 6.07) is 7.26. The van der Waals surface area contributed by atoms with Gasteiger partial charge < -0.3 is 10.8 Å². The molecule has 0 aliphatic rings. The van der Waals surface area contributed by atoms with Crippen LogP contribution in [0, 0.1) is 0 Å². The van der Waals surface area contributed by atoms with E-state index in [1.807, 2.05) is 24.3 Å². The molecule has 0 amide bonds. The lowest BCUT2D eigenvalue weighted by atomic mass is 9.99. The molecule has 1 aromatic carbocycles. The number of hydrogen-bond donors (Lipinski definition) is 2. The van der Waals surface area contributed by atoms with Gasteiger partial charge in [-0.15, -0.1) is 0 Å². The van der Waals surface area contributed by atoms with E-state index in [1.165, 1.54) is 0 Å². The number of alkyl halides is 3. The van der Waals surface area contributed by atoms with Gasteiger partial charge >= 0.3 is 12.1 Å². The molecule has 0 radical (unpaired) electrons. The molecular weight excluding hydrogens is 295 g/mol. The first-order valence-corrected chi connectivity index (χ1v) is 7.41. The van der Waals surface area contributed by atoms with Crippen LogP contribution in [0.2, 0.25) is 0 Å². The maximum absolute atomic E-state index is 12.0. The fraction of sp³-hybridized carbons (Fsp3) is 0.562. The first-order valence-electron chi connectivity index (χ1n) is 7.41. The molecule has 124 valence electrons. The molecule has 0 fully saturated rings. The molecule has 0 bridgehead atoms. The summed E-state index contributed by atoms with van der Waals surface area (Å²) in [4.78, 5) is 10.4. The highest BCUT2D eigenvalue weighted by Crippen LogP contribution is 2.24. The Kier molecular flexibility index (Phi) is 7.38. The highest BCUT2D eigenvalue weighted by molar-refractivity contribution is 5.66. The lowest BCUT2D eigenvalue weighted by Crippen LogP contribution is -2.11. The summed E-state index contributed by atoms with van der Waals surface area (Å²) in [6.45, 7) is 0. The molecule has 0 spiro atoms. The fourth-order valence-corrected chi connectivity index (χ4v) is 2.23. The predicted molar refractivity (Wildman–Crippen MR) is 78.5 cm³/mol. The molecule has 0 saturated heterocycles. The first kappa shape index (κ1) is 18.5. The number of nitrogens with two attached hydrogens (primary N) is 1. The SMILES string of the molecule is NC(CCCCC(F)(F)F)c1ccc(CCCC(=O)O)cc1. The summed E-state index contributed by atoms with van der Waals surface area (Å²) in [5, 5.41) is 8.57. The number of aliphatic carboxylic acids is 1. The summed E-state index contributed by atoms with van der Waals surface area (Å²) in [7, 11) is 0. The van der Waals surface area contributed by atoms with Crippen molar-refractivity contribution < 1.29 is 23.1 Å². The molecule has 1 atom stereocenters. The minimum atomic E-state index is -4.10. The lowest BCUT2D eigenvalue weighted by Gasteiger charge is -2.13. The number of carboxylic acids is 1. The van der Waals surface area contributed by atoms with E-state index in [1.54, 1.807) is 0 Å². The van der Waals surface area contributed by atoms with Crippen molar-refractivity contribution in [2.24, 2.45) is 5.73 Å². The van der Waals surface area contributed by atoms with Crippen LogP contribution in [0.25, 0.3) is 0 Å². The van der Waals surface area contributed by atoms with Gasteiger partial charge in [0.15, 0.2) is 0 Å². The third-order valence-corrected chi connectivity index (χ3v) is 3.49. The zero-order chi connectivity index (χ0) is 16.6. The third-order valence-electron chi connectivity index (χ3n) is 3.49. The summed E-state index contributed by atoms with van der Waals surface area (Å²) in [5.41, 5.74) is 7.91. The number of benzene rings is 1. The monoisotopic (exact) mass is 317 g/mol. The lowest BCUT2D eigenvalue weighted by molar-refractivity contribution is -0.137. The largest absolute Gasteiger partial charge is 0.481 e. The van der Waals surface area contributed by atoms with Gasteiger partial charge in [-0.2, -0.15) is 13.2 Å². The van der Waals surface area contributed by atoms with Gasteiger partial charge in [-0.25, -0.2) is 0 Å². The fourth-order valence-electron chi connectivity index (χ4n) is 2.23. The topological polar surface area (TPSA) is 63.3 Å². The van der Waals surface area contributed by atoms with Gasteiger partial charge in [-0.1, -0.05) is 30.7 Å². The molecule has 1 unspecified atom stereocenters. The summed E-state index contributed by atoms with van der Waals surface area (Å²) < 4.78 is 36.1. The molecule has 3 nitrogen and oxygen atoms in total. The van der Waals surface area contributed by atoms with Crippen LogP contribution in [-0.4, -0.2) is 17.3 Å². The second kappa shape index (κ2) is 8.78. The number of rotatable bonds is 9. The second-order valence-electron chi connectivity index (χ2n) is 5.46. The van der Waals surface area contributed by atoms with Gasteiger partial charge in [0, 0.05) is 18.9 Å². The number of halogens is 3. The maximum atomic E-state index is 12.0. The van der Waals surface area contributed by atoms with E-state index in [4.69, 9.17) is 10.8 Å². The van der Waals surface area contributed by atoms with Gasteiger partial charge in [0.2, 0.25) is 0 Å². The van der Waals surface area contributed by atoms with Crippen LogP contribution >= 0.6 is 0 Å². The quantitative estimate of drug-likeness (QED) is 0.670. The summed E-state index contributed by atoms with van der Waals surface area (Å²) >= 11 is 0. The smallest absolute Gasteiger partial charge is 0.389 e. The van der Waals surface area contributed by atoms with Crippen molar-refractivity contribution in [2.75, 3.05) is 0 Å². The Hall–Kier alpha value is -1.56. The Labute approximate surface area is 128 Å². The van der Waals surface area contributed by atoms with Crippen LogP contribution in [0.5, 0.6) is 0 Å². The predicted octanol–water partition coefficient (Wildman–Crippen LogP) is 4.22. The number of carbonyl (C=O) groups is 1. The van der Waals surface area contributed by atoms with Crippen LogP contribution < -0.4 is 5.73 Å². The highest BCUT2D eigenvalue weighted by Gasteiger charge is 2.25. The summed E-state index contributed by atoms with van der Waals surface area (Å²) in [5.74, 6) is -0.808. The Morgan fingerprint density at radius 3 is 2.32 bits per heavy atom. The van der Waals surface area contributed by atoms with Gasteiger partial charge in [-0.3, -0.25) is 4.79 Å². The zero-order valence-electron chi connectivity index (χ0n) is 12.4. The molecule has 0 aliphatic carbocycles. The molecule has 6 heteroatoms. The number of aryl methyl sites for hydroxylation is 1. The average Bonchev–Trinajstić information content (AvgIpc) is 2.43. The van der Waals surface area contributed by atoms with Crippen LogP contribution in [0.4, 0.5) is 13.2 Å². The Morgan fingerprint density at radius 2 is 1.77 bits per heavy atom. The number of carboxylic acid groups (broad SMARTS) is 1. The van der Waals surface area contributed by atoms with Crippen molar-refractivity contribution in [1.82, 2.24) is 0 Å². The van der Waals surface area contributed by atoms with E-state index in [0.29, 0.717) is 25.7 Å². The number of hydrogen-bond acceptors (Lipinski definition) is 2. The third kappa shape index (κ3) is 8.02. The van der Waals surface area contributed by atoms with Gasteiger partial charge in [0.25, 0.3) is 0 Å². The molecule has 0 aliphatic heterocycles. The molecule has 0 aromatic heterocycles. The molecule has 0 heterocycles. The van der Waals surface area contributed by atoms with Crippen molar-refractivity contribution in [3.63, 3.8) is 0 Å². The van der Waals surface area contributed by atoms with Crippen molar-refractivity contribution in [3.8, 4) is 0 Å². The van der Waals surface area contributed by atoms with E-state index in [0.717, 1.165) is 11.1 Å². The van der Waals surface area contributed by atoms with E-state index in [9.17, 15) is 18.0 Å². The molecular formula is C16H22F3NO2. The van der Waals surface area contributed by atoms with Crippen molar-refractivity contribution >= 4 is 5.97 Å². The first-order chi connectivity index (χ1) is 10.3. The molecule has 3 N–H and O–H groups in total. The van der Waals surface area contributed by atoms with Crippen molar-refractivity contribution in [1.29, 1.82) is 0 Å². The summed E-state index contributed by atoms with van der Waals surface area (Å²) in [6.07, 6.45) is -2.38. The Morgan fingerprint density at radius 1 is 1.14 bits per heavy atom. The van der Waals surface area contributed by atoms with E-state index < -0.39 is 18.6 Å². The molecule has 22 heavy (non-hydrogen) atoms. The van der Waals surface area contributed by atoms with Gasteiger partial charge in [0.1, 0.15) is 0 Å². The van der Waals surface area contributed by atoms with Crippen LogP contribution in [0.3, 0.4) is 0 Å². The second-order valence-corrected chi connectivity index (χ2v) is 5.46. The van der Waals surface area contributed by atoms with Gasteiger partial charge in [-0.05, 0) is 36.8 Å². The van der Waals surface area contributed by atoms with E-state index in [2.05, 4.69) is 0 Å².